The maximum atomic E-state index is 11.4. The highest BCUT2D eigenvalue weighted by Gasteiger charge is 2.53. The molecule has 0 saturated heterocycles. The van der Waals surface area contributed by atoms with Crippen molar-refractivity contribution in [3.63, 3.8) is 0 Å². The van der Waals surface area contributed by atoms with Gasteiger partial charge in [-0.1, -0.05) is 23.7 Å². The van der Waals surface area contributed by atoms with Crippen LogP contribution in [0.15, 0.2) is 18.2 Å². The van der Waals surface area contributed by atoms with Crippen LogP contribution in [0.2, 0.25) is 5.02 Å². The van der Waals surface area contributed by atoms with Gasteiger partial charge in [0.1, 0.15) is 0 Å². The van der Waals surface area contributed by atoms with Crippen LogP contribution in [-0.4, -0.2) is 13.2 Å². The molecule has 0 spiro atoms. The summed E-state index contributed by atoms with van der Waals surface area (Å²) in [4.78, 5) is 0. The molecule has 0 atom stereocenters. The molecule has 0 radical (unpaired) electrons. The number of rotatable bonds is 3. The van der Waals surface area contributed by atoms with Crippen molar-refractivity contribution in [3.05, 3.63) is 34.3 Å². The predicted octanol–water partition coefficient (Wildman–Crippen LogP) is 3.29. The van der Waals surface area contributed by atoms with E-state index in [1.54, 1.807) is 0 Å². The van der Waals surface area contributed by atoms with Gasteiger partial charge in [0.25, 0.3) is 0 Å². The molecule has 5 heteroatoms. The molecule has 1 saturated carbocycles. The maximum absolute atomic E-state index is 11.4. The Morgan fingerprint density at radius 2 is 2.00 bits per heavy atom. The van der Waals surface area contributed by atoms with E-state index in [4.69, 9.17) is 22.3 Å². The molecule has 16 heavy (non-hydrogen) atoms. The summed E-state index contributed by atoms with van der Waals surface area (Å²) in [6.45, 7) is 1.95. The maximum Gasteiger partial charge on any atom is 0.238 e. The van der Waals surface area contributed by atoms with Crippen LogP contribution in [-0.2, 0) is 15.5 Å². The van der Waals surface area contributed by atoms with E-state index < -0.39 is 13.8 Å². The Morgan fingerprint density at radius 1 is 1.38 bits per heavy atom. The Bertz CT molecular complexity index is 519. The first-order valence-electron chi connectivity index (χ1n) is 5.03. The molecule has 0 amide bonds. The zero-order valence-electron chi connectivity index (χ0n) is 8.83. The number of halogens is 2. The first-order chi connectivity index (χ1) is 7.34. The van der Waals surface area contributed by atoms with Gasteiger partial charge in [-0.15, -0.1) is 0 Å². The fourth-order valence-corrected chi connectivity index (χ4v) is 3.64. The van der Waals surface area contributed by atoms with E-state index in [0.29, 0.717) is 24.3 Å². The minimum absolute atomic E-state index is 0.415. The molecule has 1 aromatic rings. The van der Waals surface area contributed by atoms with Gasteiger partial charge in [-0.2, -0.15) is 0 Å². The molecule has 0 N–H and O–H groups in total. The normalized spacial score (nSPS) is 18.4. The van der Waals surface area contributed by atoms with Gasteiger partial charge in [0.05, 0.1) is 4.75 Å². The Kier molecular flexibility index (Phi) is 2.97. The molecular weight excluding hydrogens is 267 g/mol. The summed E-state index contributed by atoms with van der Waals surface area (Å²) in [6.07, 6.45) is 1.67. The molecule has 0 unspecified atom stereocenters. The average molecular weight is 279 g/mol. The predicted molar refractivity (Wildman–Crippen MR) is 66.6 cm³/mol. The molecule has 1 aliphatic rings. The van der Waals surface area contributed by atoms with Gasteiger partial charge in [-0.25, -0.2) is 8.42 Å². The number of benzene rings is 1. The van der Waals surface area contributed by atoms with Crippen molar-refractivity contribution in [2.45, 2.75) is 30.9 Å². The molecule has 0 aromatic heterocycles. The van der Waals surface area contributed by atoms with Crippen molar-refractivity contribution in [2.75, 3.05) is 0 Å². The van der Waals surface area contributed by atoms with Crippen LogP contribution >= 0.6 is 22.3 Å². The fourth-order valence-electron chi connectivity index (χ4n) is 1.79. The molecule has 88 valence electrons. The van der Waals surface area contributed by atoms with E-state index in [0.717, 1.165) is 11.1 Å². The van der Waals surface area contributed by atoms with Crippen LogP contribution in [0.1, 0.15) is 24.0 Å². The second-order valence-corrected chi connectivity index (χ2v) is 7.76. The second-order valence-electron chi connectivity index (χ2n) is 4.39. The van der Waals surface area contributed by atoms with Crippen LogP contribution in [0.5, 0.6) is 0 Å². The van der Waals surface area contributed by atoms with Crippen molar-refractivity contribution < 1.29 is 8.42 Å². The first-order valence-corrected chi connectivity index (χ1v) is 7.72. The fraction of sp³-hybridized carbons (Fsp3) is 0.455. The molecule has 0 aliphatic heterocycles. The van der Waals surface area contributed by atoms with Crippen molar-refractivity contribution >= 4 is 31.3 Å². The van der Waals surface area contributed by atoms with Crippen LogP contribution in [0.4, 0.5) is 0 Å². The van der Waals surface area contributed by atoms with E-state index >= 15 is 0 Å². The van der Waals surface area contributed by atoms with E-state index in [1.165, 1.54) is 0 Å². The Labute approximate surface area is 105 Å². The Morgan fingerprint density at radius 3 is 2.44 bits per heavy atom. The number of hydrogen-bond acceptors (Lipinski definition) is 2. The minimum atomic E-state index is -3.50. The van der Waals surface area contributed by atoms with Crippen LogP contribution in [0.3, 0.4) is 0 Å². The van der Waals surface area contributed by atoms with Crippen molar-refractivity contribution in [1.29, 1.82) is 0 Å². The lowest BCUT2D eigenvalue weighted by atomic mass is 10.1. The lowest BCUT2D eigenvalue weighted by Crippen LogP contribution is -2.21. The van der Waals surface area contributed by atoms with Gasteiger partial charge in [0, 0.05) is 15.7 Å². The molecule has 2 rings (SSSR count). The summed E-state index contributed by atoms with van der Waals surface area (Å²) < 4.78 is 22.1. The smallest absolute Gasteiger partial charge is 0.212 e. The lowest BCUT2D eigenvalue weighted by Gasteiger charge is -2.12. The highest BCUT2D eigenvalue weighted by molar-refractivity contribution is 8.15. The van der Waals surface area contributed by atoms with Crippen molar-refractivity contribution in [2.24, 2.45) is 0 Å². The van der Waals surface area contributed by atoms with Crippen LogP contribution in [0, 0.1) is 6.92 Å². The summed E-state index contributed by atoms with van der Waals surface area (Å²) in [5, 5.41) is 0.617. The topological polar surface area (TPSA) is 34.1 Å². The third-order valence-electron chi connectivity index (χ3n) is 3.05. The third-order valence-corrected chi connectivity index (χ3v) is 5.97. The van der Waals surface area contributed by atoms with Crippen molar-refractivity contribution in [1.82, 2.24) is 0 Å². The largest absolute Gasteiger partial charge is 0.238 e. The highest BCUT2D eigenvalue weighted by Crippen LogP contribution is 2.48. The zero-order valence-corrected chi connectivity index (χ0v) is 11.2. The Balaban J connectivity index is 2.29. The van der Waals surface area contributed by atoms with Crippen molar-refractivity contribution in [3.8, 4) is 0 Å². The summed E-state index contributed by atoms with van der Waals surface area (Å²) >= 11 is 6.08. The van der Waals surface area contributed by atoms with Gasteiger partial charge in [0.15, 0.2) is 0 Å². The number of hydrogen-bond donors (Lipinski definition) is 0. The molecule has 2 nitrogen and oxygen atoms in total. The second kappa shape index (κ2) is 3.90. The summed E-state index contributed by atoms with van der Waals surface area (Å²) in [7, 11) is 1.95. The molecular formula is C11H12Cl2O2S. The van der Waals surface area contributed by atoms with E-state index in [9.17, 15) is 8.42 Å². The summed E-state index contributed by atoms with van der Waals surface area (Å²) in [5.41, 5.74) is 1.92. The molecule has 1 aromatic carbocycles. The van der Waals surface area contributed by atoms with Gasteiger partial charge in [0.2, 0.25) is 9.05 Å². The summed E-state index contributed by atoms with van der Waals surface area (Å²) in [5.74, 6) is 0. The van der Waals surface area contributed by atoms with E-state index in [1.807, 2.05) is 25.1 Å². The average Bonchev–Trinajstić information content (AvgIpc) is 2.90. The Hall–Kier alpha value is -0.250. The summed E-state index contributed by atoms with van der Waals surface area (Å²) in [6, 6.07) is 5.64. The third kappa shape index (κ3) is 2.22. The first kappa shape index (κ1) is 12.2. The van der Waals surface area contributed by atoms with Gasteiger partial charge >= 0.3 is 0 Å². The zero-order chi connectivity index (χ0) is 12.0. The van der Waals surface area contributed by atoms with Gasteiger partial charge in [-0.3, -0.25) is 0 Å². The van der Waals surface area contributed by atoms with Crippen LogP contribution in [0.25, 0.3) is 0 Å². The highest BCUT2D eigenvalue weighted by atomic mass is 35.7. The number of aryl methyl sites for hydroxylation is 1. The molecule has 0 bridgehead atoms. The molecule has 1 aliphatic carbocycles. The van der Waals surface area contributed by atoms with Gasteiger partial charge < -0.3 is 0 Å². The van der Waals surface area contributed by atoms with E-state index in [2.05, 4.69) is 0 Å². The lowest BCUT2D eigenvalue weighted by molar-refractivity contribution is 0.590. The molecule has 0 heterocycles. The monoisotopic (exact) mass is 278 g/mol. The quantitative estimate of drug-likeness (QED) is 0.796. The standard InChI is InChI=1S/C11H12Cl2O2S/c1-8-2-3-9(10(12)6-8)7-11(4-5-11)16(13,14)15/h2-3,6H,4-5,7H2,1H3. The van der Waals surface area contributed by atoms with E-state index in [-0.39, 0.29) is 0 Å². The SMILES string of the molecule is Cc1ccc(CC2(S(=O)(=O)Cl)CC2)c(Cl)c1. The minimum Gasteiger partial charge on any atom is -0.212 e. The molecule has 1 fully saturated rings. The van der Waals surface area contributed by atoms with Crippen LogP contribution < -0.4 is 0 Å². The van der Waals surface area contributed by atoms with Gasteiger partial charge in [-0.05, 0) is 43.4 Å².